The Morgan fingerprint density at radius 2 is 1.78 bits per heavy atom. The Hall–Kier alpha value is -1.54. The van der Waals surface area contributed by atoms with Crippen LogP contribution in [-0.2, 0) is 0 Å². The Morgan fingerprint density at radius 3 is 2.50 bits per heavy atom. The van der Waals surface area contributed by atoms with Crippen LogP contribution in [0.15, 0.2) is 42.5 Å². The van der Waals surface area contributed by atoms with Crippen LogP contribution in [0.3, 0.4) is 0 Å². The van der Waals surface area contributed by atoms with E-state index in [1.807, 2.05) is 0 Å². The van der Waals surface area contributed by atoms with Crippen LogP contribution < -0.4 is 11.1 Å². The Bertz CT molecular complexity index is 517. The largest absolute Gasteiger partial charge is 0.385 e. The van der Waals surface area contributed by atoms with Gasteiger partial charge in [-0.2, -0.15) is 0 Å². The lowest BCUT2D eigenvalue weighted by Gasteiger charge is -2.22. The molecule has 0 atom stereocenters. The fraction of sp³-hybridized carbons (Fsp3) is 0.375. The van der Waals surface area contributed by atoms with E-state index in [0.29, 0.717) is 0 Å². The lowest BCUT2D eigenvalue weighted by Crippen LogP contribution is -2.26. The van der Waals surface area contributed by atoms with Crippen molar-refractivity contribution in [2.24, 2.45) is 11.1 Å². The summed E-state index contributed by atoms with van der Waals surface area (Å²) in [4.78, 5) is 0. The van der Waals surface area contributed by atoms with E-state index in [0.717, 1.165) is 19.5 Å². The van der Waals surface area contributed by atoms with Crippen LogP contribution in [-0.4, -0.2) is 13.1 Å². The zero-order valence-electron chi connectivity index (χ0n) is 11.2. The van der Waals surface area contributed by atoms with E-state index in [-0.39, 0.29) is 5.41 Å². The molecule has 18 heavy (non-hydrogen) atoms. The highest BCUT2D eigenvalue weighted by Gasteiger charge is 2.14. The van der Waals surface area contributed by atoms with Gasteiger partial charge in [-0.1, -0.05) is 44.2 Å². The van der Waals surface area contributed by atoms with Crippen LogP contribution in [0.4, 0.5) is 5.69 Å². The second-order valence-corrected chi connectivity index (χ2v) is 5.61. The van der Waals surface area contributed by atoms with Crippen molar-refractivity contribution in [3.63, 3.8) is 0 Å². The zero-order chi connectivity index (χ0) is 13.0. The highest BCUT2D eigenvalue weighted by atomic mass is 14.9. The van der Waals surface area contributed by atoms with Crippen LogP contribution >= 0.6 is 0 Å². The van der Waals surface area contributed by atoms with E-state index >= 15 is 0 Å². The molecule has 2 rings (SSSR count). The molecule has 0 bridgehead atoms. The second-order valence-electron chi connectivity index (χ2n) is 5.61. The van der Waals surface area contributed by atoms with Gasteiger partial charge in [-0.15, -0.1) is 0 Å². The maximum absolute atomic E-state index is 5.73. The summed E-state index contributed by atoms with van der Waals surface area (Å²) in [7, 11) is 0. The van der Waals surface area contributed by atoms with Gasteiger partial charge in [-0.25, -0.2) is 0 Å². The van der Waals surface area contributed by atoms with Crippen molar-refractivity contribution in [3.8, 4) is 0 Å². The third kappa shape index (κ3) is 3.23. The maximum Gasteiger partial charge on any atom is 0.0346 e. The average Bonchev–Trinajstić information content (AvgIpc) is 2.38. The van der Waals surface area contributed by atoms with E-state index in [2.05, 4.69) is 61.6 Å². The van der Waals surface area contributed by atoms with Crippen molar-refractivity contribution >= 4 is 16.5 Å². The molecule has 0 spiro atoms. The third-order valence-electron chi connectivity index (χ3n) is 3.43. The van der Waals surface area contributed by atoms with Crippen LogP contribution in [0.1, 0.15) is 20.3 Å². The van der Waals surface area contributed by atoms with E-state index in [9.17, 15) is 0 Å². The normalized spacial score (nSPS) is 11.7. The molecule has 2 heteroatoms. The summed E-state index contributed by atoms with van der Waals surface area (Å²) in [6.45, 7) is 6.10. The van der Waals surface area contributed by atoms with E-state index in [1.165, 1.54) is 16.5 Å². The Labute approximate surface area is 109 Å². The molecule has 0 saturated carbocycles. The molecule has 0 radical (unpaired) electrons. The number of hydrogen-bond donors (Lipinski definition) is 2. The van der Waals surface area contributed by atoms with Gasteiger partial charge in [0.15, 0.2) is 0 Å². The summed E-state index contributed by atoms with van der Waals surface area (Å²) in [5, 5.41) is 6.03. The molecule has 2 aromatic carbocycles. The highest BCUT2D eigenvalue weighted by Crippen LogP contribution is 2.21. The minimum absolute atomic E-state index is 0.212. The Kier molecular flexibility index (Phi) is 3.87. The predicted molar refractivity (Wildman–Crippen MR) is 79.9 cm³/mol. The SMILES string of the molecule is CC(C)(CN)CCNc1ccc2ccccc2c1. The lowest BCUT2D eigenvalue weighted by atomic mass is 9.90. The van der Waals surface area contributed by atoms with Crippen LogP contribution in [0.5, 0.6) is 0 Å². The lowest BCUT2D eigenvalue weighted by molar-refractivity contribution is 0.358. The van der Waals surface area contributed by atoms with Crippen molar-refractivity contribution in [3.05, 3.63) is 42.5 Å². The molecular weight excluding hydrogens is 220 g/mol. The summed E-state index contributed by atoms with van der Waals surface area (Å²) in [6.07, 6.45) is 1.08. The van der Waals surface area contributed by atoms with Gasteiger partial charge in [0.1, 0.15) is 0 Å². The first-order valence-electron chi connectivity index (χ1n) is 6.53. The van der Waals surface area contributed by atoms with Gasteiger partial charge in [0, 0.05) is 12.2 Å². The molecule has 0 fully saturated rings. The van der Waals surface area contributed by atoms with Gasteiger partial charge in [-0.3, -0.25) is 0 Å². The molecule has 96 valence electrons. The molecule has 0 aliphatic carbocycles. The molecule has 0 aliphatic rings. The first kappa shape index (κ1) is 12.9. The first-order valence-corrected chi connectivity index (χ1v) is 6.53. The molecule has 0 aromatic heterocycles. The number of nitrogens with one attached hydrogen (secondary N) is 1. The first-order chi connectivity index (χ1) is 8.61. The standard InChI is InChI=1S/C16H22N2/c1-16(2,12-17)9-10-18-15-8-7-13-5-3-4-6-14(13)11-15/h3-8,11,18H,9-10,12,17H2,1-2H3. The highest BCUT2D eigenvalue weighted by molar-refractivity contribution is 5.85. The van der Waals surface area contributed by atoms with Crippen molar-refractivity contribution < 1.29 is 0 Å². The number of benzene rings is 2. The van der Waals surface area contributed by atoms with E-state index in [4.69, 9.17) is 5.73 Å². The van der Waals surface area contributed by atoms with Crippen LogP contribution in [0, 0.1) is 5.41 Å². The third-order valence-corrected chi connectivity index (χ3v) is 3.43. The molecular formula is C16H22N2. The van der Waals surface area contributed by atoms with Crippen molar-refractivity contribution in [2.45, 2.75) is 20.3 Å². The number of nitrogens with two attached hydrogens (primary N) is 1. The Balaban J connectivity index is 2.00. The number of anilines is 1. The molecule has 0 aliphatic heterocycles. The fourth-order valence-electron chi connectivity index (χ4n) is 1.95. The molecule has 3 N–H and O–H groups in total. The topological polar surface area (TPSA) is 38.0 Å². The minimum atomic E-state index is 0.212. The van der Waals surface area contributed by atoms with Crippen molar-refractivity contribution in [1.82, 2.24) is 0 Å². The van der Waals surface area contributed by atoms with Gasteiger partial charge in [-0.05, 0) is 41.3 Å². The average molecular weight is 242 g/mol. The summed E-state index contributed by atoms with van der Waals surface area (Å²) in [5.74, 6) is 0. The maximum atomic E-state index is 5.73. The van der Waals surface area contributed by atoms with Gasteiger partial charge in [0.05, 0.1) is 0 Å². The van der Waals surface area contributed by atoms with Gasteiger partial charge < -0.3 is 11.1 Å². The smallest absolute Gasteiger partial charge is 0.0346 e. The van der Waals surface area contributed by atoms with Crippen LogP contribution in [0.2, 0.25) is 0 Å². The molecule has 0 saturated heterocycles. The predicted octanol–water partition coefficient (Wildman–Crippen LogP) is 3.63. The summed E-state index contributed by atoms with van der Waals surface area (Å²) in [5.41, 5.74) is 7.13. The number of rotatable bonds is 5. The monoisotopic (exact) mass is 242 g/mol. The number of fused-ring (bicyclic) bond motifs is 1. The quantitative estimate of drug-likeness (QED) is 0.840. The number of hydrogen-bond acceptors (Lipinski definition) is 2. The van der Waals surface area contributed by atoms with Gasteiger partial charge in [0.2, 0.25) is 0 Å². The van der Waals surface area contributed by atoms with E-state index < -0.39 is 0 Å². The van der Waals surface area contributed by atoms with Gasteiger partial charge in [0.25, 0.3) is 0 Å². The van der Waals surface area contributed by atoms with Crippen molar-refractivity contribution in [1.29, 1.82) is 0 Å². The zero-order valence-corrected chi connectivity index (χ0v) is 11.2. The molecule has 0 amide bonds. The fourth-order valence-corrected chi connectivity index (χ4v) is 1.95. The summed E-state index contributed by atoms with van der Waals surface area (Å²) in [6, 6.07) is 14.9. The molecule has 0 unspecified atom stereocenters. The summed E-state index contributed by atoms with van der Waals surface area (Å²) < 4.78 is 0. The van der Waals surface area contributed by atoms with Gasteiger partial charge >= 0.3 is 0 Å². The molecule has 2 aromatic rings. The minimum Gasteiger partial charge on any atom is -0.385 e. The van der Waals surface area contributed by atoms with E-state index in [1.54, 1.807) is 0 Å². The van der Waals surface area contributed by atoms with Crippen LogP contribution in [0.25, 0.3) is 10.8 Å². The second kappa shape index (κ2) is 5.40. The van der Waals surface area contributed by atoms with Crippen molar-refractivity contribution in [2.75, 3.05) is 18.4 Å². The molecule has 0 heterocycles. The summed E-state index contributed by atoms with van der Waals surface area (Å²) >= 11 is 0. The Morgan fingerprint density at radius 1 is 1.06 bits per heavy atom. The molecule has 2 nitrogen and oxygen atoms in total.